The summed E-state index contributed by atoms with van der Waals surface area (Å²) in [6.07, 6.45) is -2.58. The Bertz CT molecular complexity index is 2000. The van der Waals surface area contributed by atoms with Crippen molar-refractivity contribution < 1.29 is 52.4 Å². The van der Waals surface area contributed by atoms with Crippen LogP contribution in [0, 0.1) is 12.3 Å². The average molecular weight is 744 g/mol. The zero-order chi connectivity index (χ0) is 38.2. The van der Waals surface area contributed by atoms with E-state index in [0.29, 0.717) is 22.4 Å². The summed E-state index contributed by atoms with van der Waals surface area (Å²) in [5.41, 5.74) is -0.837. The van der Waals surface area contributed by atoms with Crippen LogP contribution in [0.3, 0.4) is 0 Å². The van der Waals surface area contributed by atoms with Crippen LogP contribution in [0.1, 0.15) is 65.1 Å². The smallest absolute Gasteiger partial charge is 0.459 e. The summed E-state index contributed by atoms with van der Waals surface area (Å²) in [6, 6.07) is 9.20. The summed E-state index contributed by atoms with van der Waals surface area (Å²) in [6.45, 7) is 11.5. The first-order chi connectivity index (χ1) is 24.4. The molecule has 5 rings (SSSR count). The summed E-state index contributed by atoms with van der Waals surface area (Å²) in [7, 11) is -1.66. The highest BCUT2D eigenvalue weighted by atomic mass is 31.2. The number of aliphatic hydroxyl groups is 2. The number of methoxy groups -OCH3 is 2. The number of carbonyl (C=O) groups excluding carboxylic acids is 2. The van der Waals surface area contributed by atoms with Gasteiger partial charge in [0.15, 0.2) is 17.4 Å². The molecule has 0 saturated carbocycles. The van der Waals surface area contributed by atoms with Gasteiger partial charge in [0, 0.05) is 0 Å². The van der Waals surface area contributed by atoms with Crippen LogP contribution in [-0.4, -0.2) is 93.0 Å². The molecule has 7 atom stereocenters. The molecule has 0 bridgehead atoms. The van der Waals surface area contributed by atoms with Crippen molar-refractivity contribution in [3.05, 3.63) is 54.1 Å². The minimum absolute atomic E-state index is 0.114. The number of ether oxygens (including phenoxy) is 4. The lowest BCUT2D eigenvalue weighted by Gasteiger charge is -2.27. The maximum Gasteiger partial charge on any atom is 0.459 e. The summed E-state index contributed by atoms with van der Waals surface area (Å²) < 4.78 is 49.4. The van der Waals surface area contributed by atoms with Gasteiger partial charge in [-0.05, 0) is 61.6 Å². The van der Waals surface area contributed by atoms with Crippen molar-refractivity contribution >= 4 is 41.6 Å². The van der Waals surface area contributed by atoms with E-state index in [1.54, 1.807) is 44.2 Å². The molecule has 2 aromatic heterocycles. The van der Waals surface area contributed by atoms with Gasteiger partial charge in [-0.15, -0.1) is 0 Å². The minimum Gasteiger partial charge on any atom is -0.479 e. The molecule has 0 spiro atoms. The van der Waals surface area contributed by atoms with Crippen molar-refractivity contribution in [2.24, 2.45) is 5.41 Å². The summed E-state index contributed by atoms with van der Waals surface area (Å²) in [5, 5.41) is 26.9. The molecule has 2 unspecified atom stereocenters. The number of aromatic nitrogens is 4. The van der Waals surface area contributed by atoms with Crippen molar-refractivity contribution in [3.63, 3.8) is 0 Å². The fraction of sp³-hybridized carbons (Fsp3) is 0.514. The zero-order valence-corrected chi connectivity index (χ0v) is 31.5. The van der Waals surface area contributed by atoms with Crippen molar-refractivity contribution in [2.45, 2.75) is 84.5 Å². The number of benzene rings is 2. The minimum atomic E-state index is -4.43. The lowest BCUT2D eigenvalue weighted by atomic mass is 9.96. The Morgan fingerprint density at radius 2 is 1.79 bits per heavy atom. The van der Waals surface area contributed by atoms with Crippen LogP contribution in [0.25, 0.3) is 21.9 Å². The molecule has 17 heteroatoms. The van der Waals surface area contributed by atoms with E-state index in [1.165, 1.54) is 39.0 Å². The molecule has 0 aliphatic carbocycles. The number of rotatable bonds is 13. The highest BCUT2D eigenvalue weighted by Gasteiger charge is 2.54. The quantitative estimate of drug-likeness (QED) is 0.129. The average Bonchev–Trinajstić information content (AvgIpc) is 3.60. The van der Waals surface area contributed by atoms with Crippen LogP contribution in [0.15, 0.2) is 42.7 Å². The molecule has 0 amide bonds. The topological polar surface area (TPSA) is 203 Å². The molecule has 3 N–H and O–H groups in total. The number of hydrogen-bond donors (Lipinski definition) is 3. The van der Waals surface area contributed by atoms with Gasteiger partial charge in [-0.2, -0.15) is 10.1 Å². The first-order valence-electron chi connectivity index (χ1n) is 16.7. The number of nitrogens with zero attached hydrogens (tertiary/aromatic N) is 4. The number of hydrogen-bond acceptors (Lipinski definition) is 14. The lowest BCUT2D eigenvalue weighted by molar-refractivity contribution is -0.148. The highest BCUT2D eigenvalue weighted by molar-refractivity contribution is 7.52. The van der Waals surface area contributed by atoms with Gasteiger partial charge in [-0.1, -0.05) is 45.0 Å². The molecule has 3 heterocycles. The van der Waals surface area contributed by atoms with Crippen molar-refractivity contribution in [1.29, 1.82) is 0 Å². The molecule has 1 saturated heterocycles. The second kappa shape index (κ2) is 15.0. The highest BCUT2D eigenvalue weighted by Crippen LogP contribution is 2.48. The molecule has 2 aromatic carbocycles. The molecule has 1 fully saturated rings. The molecular weight excluding hydrogens is 697 g/mol. The molecule has 1 aliphatic heterocycles. The van der Waals surface area contributed by atoms with Gasteiger partial charge in [0.1, 0.15) is 35.4 Å². The van der Waals surface area contributed by atoms with Crippen LogP contribution >= 0.6 is 7.75 Å². The molecule has 1 aliphatic rings. The van der Waals surface area contributed by atoms with Gasteiger partial charge in [0.25, 0.3) is 0 Å². The fourth-order valence-corrected chi connectivity index (χ4v) is 7.16. The largest absolute Gasteiger partial charge is 0.479 e. The van der Waals surface area contributed by atoms with Crippen LogP contribution in [0.4, 0.5) is 0 Å². The third kappa shape index (κ3) is 8.38. The number of aryl methyl sites for hydroxylation is 1. The summed E-state index contributed by atoms with van der Waals surface area (Å²) in [4.78, 5) is 38.0. The van der Waals surface area contributed by atoms with E-state index in [2.05, 4.69) is 20.0 Å². The molecule has 16 nitrogen and oxygen atoms in total. The van der Waals surface area contributed by atoms with Gasteiger partial charge in [0.05, 0.1) is 39.7 Å². The van der Waals surface area contributed by atoms with E-state index in [1.807, 2.05) is 26.8 Å². The fourth-order valence-electron chi connectivity index (χ4n) is 5.67. The summed E-state index contributed by atoms with van der Waals surface area (Å²) >= 11 is 0. The van der Waals surface area contributed by atoms with Crippen molar-refractivity contribution in [3.8, 4) is 11.6 Å². The predicted octanol–water partition coefficient (Wildman–Crippen LogP) is 4.35. The first-order valence-corrected chi connectivity index (χ1v) is 18.2. The van der Waals surface area contributed by atoms with Gasteiger partial charge >= 0.3 is 19.7 Å². The normalized spacial score (nSPS) is 22.9. The van der Waals surface area contributed by atoms with Crippen LogP contribution in [0.2, 0.25) is 0 Å². The van der Waals surface area contributed by atoms with Gasteiger partial charge in [-0.25, -0.2) is 14.5 Å². The van der Waals surface area contributed by atoms with E-state index >= 15 is 0 Å². The van der Waals surface area contributed by atoms with Gasteiger partial charge < -0.3 is 33.7 Å². The molecule has 282 valence electrons. The maximum absolute atomic E-state index is 14.4. The SMILES string of the molecule is COC(=O)[C@@H](C)c1ccc2cc(OP(=O)(N[C@@H](C)C(=O)OCC(C)(C)C)OC[C@H]3OC(n4cnc5c(OC)nc(C)nc54)[C@](C)(O)[C@@H]3O)ccc2c1. The van der Waals surface area contributed by atoms with E-state index in [4.69, 9.17) is 28.0 Å². The third-order valence-corrected chi connectivity index (χ3v) is 10.2. The van der Waals surface area contributed by atoms with Crippen LogP contribution < -0.4 is 14.3 Å². The molecule has 4 aromatic rings. The van der Waals surface area contributed by atoms with E-state index < -0.39 is 56.3 Å². The second-order valence-corrected chi connectivity index (χ2v) is 15.9. The monoisotopic (exact) mass is 743 g/mol. The zero-order valence-electron chi connectivity index (χ0n) is 30.6. The van der Waals surface area contributed by atoms with Gasteiger partial charge in [0.2, 0.25) is 5.88 Å². The Kier molecular flexibility index (Phi) is 11.3. The number of nitrogens with one attached hydrogen (secondary N) is 1. The molecule has 0 radical (unpaired) electrons. The van der Waals surface area contributed by atoms with E-state index in [9.17, 15) is 24.4 Å². The Labute approximate surface area is 301 Å². The standard InChI is InChI=1S/C35H46N5O11P/c1-19(31(42)47-9)22-10-11-24-15-25(13-12-23(24)14-22)51-52(45,39-20(2)32(43)48-17-34(4,5)6)49-16-26-28(41)35(7,44)33(50-26)40-18-36-27-29(40)37-21(3)38-30(27)46-8/h10-15,18-20,26,28,33,41,44H,16-17H2,1-9H3,(H,39,45)/t19-,20-,26+,28+,33?,35+,52?/m0/s1. The number of imidazole rings is 1. The maximum atomic E-state index is 14.4. The number of fused-ring (bicyclic) bond motifs is 2. The Morgan fingerprint density at radius 3 is 2.46 bits per heavy atom. The Morgan fingerprint density at radius 1 is 1.10 bits per heavy atom. The lowest BCUT2D eigenvalue weighted by Crippen LogP contribution is -2.44. The third-order valence-electron chi connectivity index (χ3n) is 8.58. The molecule has 52 heavy (non-hydrogen) atoms. The second-order valence-electron chi connectivity index (χ2n) is 14.2. The van der Waals surface area contributed by atoms with Crippen LogP contribution in [0.5, 0.6) is 11.6 Å². The van der Waals surface area contributed by atoms with E-state index in [0.717, 1.165) is 10.9 Å². The summed E-state index contributed by atoms with van der Waals surface area (Å²) in [5.74, 6) is -0.793. The van der Waals surface area contributed by atoms with Crippen LogP contribution in [-0.2, 0) is 32.9 Å². The first kappa shape index (κ1) is 39.0. The number of aliphatic hydroxyl groups excluding tert-OH is 1. The Balaban J connectivity index is 1.40. The van der Waals surface area contributed by atoms with E-state index in [-0.39, 0.29) is 29.6 Å². The van der Waals surface area contributed by atoms with Gasteiger partial charge in [-0.3, -0.25) is 18.7 Å². The van der Waals surface area contributed by atoms with Crippen molar-refractivity contribution in [1.82, 2.24) is 24.6 Å². The molecular formula is C35H46N5O11P. The Hall–Kier alpha value is -4.18. The predicted molar refractivity (Wildman–Crippen MR) is 189 cm³/mol. The number of carbonyl (C=O) groups is 2. The van der Waals surface area contributed by atoms with Crippen molar-refractivity contribution in [2.75, 3.05) is 27.4 Å². The number of esters is 2.